The summed E-state index contributed by atoms with van der Waals surface area (Å²) in [6.07, 6.45) is 0.260. The fourth-order valence-electron chi connectivity index (χ4n) is 1.95. The zero-order valence-electron chi connectivity index (χ0n) is 11.3. The van der Waals surface area contributed by atoms with Gasteiger partial charge in [-0.3, -0.25) is 4.79 Å². The predicted octanol–water partition coefficient (Wildman–Crippen LogP) is 3.79. The molecule has 20 heavy (non-hydrogen) atoms. The lowest BCUT2D eigenvalue weighted by molar-refractivity contribution is -0.116. The average Bonchev–Trinajstić information content (AvgIpc) is 2.43. The second-order valence-corrected chi connectivity index (χ2v) is 5.64. The molecule has 0 saturated carbocycles. The molecule has 4 heteroatoms. The standard InChI is InChI=1S/C16H17BrN2O/c1-11-7-8-13(17)9-15(11)19-16(20)10-14(18)12-5-3-2-4-6-12/h2-9,14H,10,18H2,1H3,(H,19,20). The van der Waals surface area contributed by atoms with Gasteiger partial charge in [0.2, 0.25) is 5.91 Å². The van der Waals surface area contributed by atoms with Crippen molar-refractivity contribution in [3.05, 3.63) is 64.1 Å². The van der Waals surface area contributed by atoms with Crippen molar-refractivity contribution in [2.24, 2.45) is 5.73 Å². The van der Waals surface area contributed by atoms with E-state index in [1.54, 1.807) is 0 Å². The van der Waals surface area contributed by atoms with Crippen LogP contribution in [0.3, 0.4) is 0 Å². The van der Waals surface area contributed by atoms with E-state index in [1.165, 1.54) is 0 Å². The minimum atomic E-state index is -0.288. The molecule has 1 unspecified atom stereocenters. The van der Waals surface area contributed by atoms with Crippen LogP contribution in [0.5, 0.6) is 0 Å². The van der Waals surface area contributed by atoms with Crippen molar-refractivity contribution in [2.75, 3.05) is 5.32 Å². The summed E-state index contributed by atoms with van der Waals surface area (Å²) in [4.78, 5) is 12.1. The molecule has 0 bridgehead atoms. The first kappa shape index (κ1) is 14.8. The number of rotatable bonds is 4. The van der Waals surface area contributed by atoms with Gasteiger partial charge in [0.25, 0.3) is 0 Å². The summed E-state index contributed by atoms with van der Waals surface area (Å²) in [7, 11) is 0. The quantitative estimate of drug-likeness (QED) is 0.894. The van der Waals surface area contributed by atoms with Crippen molar-refractivity contribution in [1.82, 2.24) is 0 Å². The molecule has 0 spiro atoms. The van der Waals surface area contributed by atoms with Crippen molar-refractivity contribution in [2.45, 2.75) is 19.4 Å². The monoisotopic (exact) mass is 332 g/mol. The Hall–Kier alpha value is -1.65. The third-order valence-electron chi connectivity index (χ3n) is 3.11. The van der Waals surface area contributed by atoms with E-state index in [0.717, 1.165) is 21.3 Å². The van der Waals surface area contributed by atoms with Crippen LogP contribution < -0.4 is 11.1 Å². The Balaban J connectivity index is 2.01. The summed E-state index contributed by atoms with van der Waals surface area (Å²) in [5.41, 5.74) is 8.85. The minimum Gasteiger partial charge on any atom is -0.326 e. The Bertz CT molecular complexity index is 599. The van der Waals surface area contributed by atoms with Gasteiger partial charge in [-0.1, -0.05) is 52.3 Å². The normalized spacial score (nSPS) is 11.9. The second kappa shape index (κ2) is 6.68. The average molecular weight is 333 g/mol. The van der Waals surface area contributed by atoms with Crippen molar-refractivity contribution in [1.29, 1.82) is 0 Å². The minimum absolute atomic E-state index is 0.0810. The number of carbonyl (C=O) groups excluding carboxylic acids is 1. The highest BCUT2D eigenvalue weighted by atomic mass is 79.9. The van der Waals surface area contributed by atoms with Crippen molar-refractivity contribution >= 4 is 27.5 Å². The highest BCUT2D eigenvalue weighted by Crippen LogP contribution is 2.21. The Morgan fingerprint density at radius 3 is 2.65 bits per heavy atom. The lowest BCUT2D eigenvalue weighted by atomic mass is 10.0. The van der Waals surface area contributed by atoms with Crippen LogP contribution in [0.4, 0.5) is 5.69 Å². The van der Waals surface area contributed by atoms with Crippen LogP contribution in [0.2, 0.25) is 0 Å². The number of nitrogens with one attached hydrogen (secondary N) is 1. The van der Waals surface area contributed by atoms with Gasteiger partial charge in [-0.25, -0.2) is 0 Å². The van der Waals surface area contributed by atoms with Gasteiger partial charge in [-0.2, -0.15) is 0 Å². The third kappa shape index (κ3) is 3.92. The van der Waals surface area contributed by atoms with Crippen LogP contribution in [0.25, 0.3) is 0 Å². The van der Waals surface area contributed by atoms with E-state index >= 15 is 0 Å². The van der Waals surface area contributed by atoms with Crippen LogP contribution in [-0.4, -0.2) is 5.91 Å². The molecule has 104 valence electrons. The summed E-state index contributed by atoms with van der Waals surface area (Å²) in [6.45, 7) is 1.96. The van der Waals surface area contributed by atoms with E-state index in [-0.39, 0.29) is 18.4 Å². The van der Waals surface area contributed by atoms with E-state index in [9.17, 15) is 4.79 Å². The van der Waals surface area contributed by atoms with Crippen LogP contribution in [-0.2, 0) is 4.79 Å². The van der Waals surface area contributed by atoms with Gasteiger partial charge in [0, 0.05) is 22.6 Å². The fourth-order valence-corrected chi connectivity index (χ4v) is 2.31. The second-order valence-electron chi connectivity index (χ2n) is 4.73. The molecular weight excluding hydrogens is 316 g/mol. The molecule has 0 heterocycles. The van der Waals surface area contributed by atoms with Gasteiger partial charge in [0.15, 0.2) is 0 Å². The van der Waals surface area contributed by atoms with Crippen LogP contribution in [0, 0.1) is 6.92 Å². The topological polar surface area (TPSA) is 55.1 Å². The van der Waals surface area contributed by atoms with Crippen LogP contribution >= 0.6 is 15.9 Å². The molecule has 2 rings (SSSR count). The summed E-state index contributed by atoms with van der Waals surface area (Å²) < 4.78 is 0.936. The number of aryl methyl sites for hydroxylation is 1. The van der Waals surface area contributed by atoms with Gasteiger partial charge in [-0.15, -0.1) is 0 Å². The molecule has 0 aliphatic heterocycles. The molecule has 1 atom stereocenters. The smallest absolute Gasteiger partial charge is 0.226 e. The fraction of sp³-hybridized carbons (Fsp3) is 0.188. The number of anilines is 1. The zero-order valence-corrected chi connectivity index (χ0v) is 12.9. The molecule has 0 fully saturated rings. The van der Waals surface area contributed by atoms with E-state index in [0.29, 0.717) is 0 Å². The van der Waals surface area contributed by atoms with Gasteiger partial charge >= 0.3 is 0 Å². The van der Waals surface area contributed by atoms with Crippen molar-refractivity contribution < 1.29 is 4.79 Å². The predicted molar refractivity (Wildman–Crippen MR) is 85.5 cm³/mol. The maximum atomic E-state index is 12.1. The Kier molecular flexibility index (Phi) is 4.93. The van der Waals surface area contributed by atoms with Gasteiger partial charge in [0.1, 0.15) is 0 Å². The molecule has 0 aliphatic rings. The molecule has 1 amide bonds. The maximum Gasteiger partial charge on any atom is 0.226 e. The van der Waals surface area contributed by atoms with E-state index in [2.05, 4.69) is 21.2 Å². The Morgan fingerprint density at radius 1 is 1.25 bits per heavy atom. The van der Waals surface area contributed by atoms with Gasteiger partial charge in [-0.05, 0) is 30.2 Å². The first-order valence-electron chi connectivity index (χ1n) is 6.43. The molecular formula is C16H17BrN2O. The molecule has 0 radical (unpaired) electrons. The molecule has 2 aromatic rings. The molecule has 3 N–H and O–H groups in total. The lowest BCUT2D eigenvalue weighted by Gasteiger charge is -2.13. The third-order valence-corrected chi connectivity index (χ3v) is 3.60. The van der Waals surface area contributed by atoms with E-state index < -0.39 is 0 Å². The largest absolute Gasteiger partial charge is 0.326 e. The van der Waals surface area contributed by atoms with Crippen LogP contribution in [0.15, 0.2) is 53.0 Å². The van der Waals surface area contributed by atoms with Crippen molar-refractivity contribution in [3.8, 4) is 0 Å². The zero-order chi connectivity index (χ0) is 14.5. The highest BCUT2D eigenvalue weighted by molar-refractivity contribution is 9.10. The first-order chi connectivity index (χ1) is 9.56. The molecule has 3 nitrogen and oxygen atoms in total. The first-order valence-corrected chi connectivity index (χ1v) is 7.22. The lowest BCUT2D eigenvalue weighted by Crippen LogP contribution is -2.20. The number of amides is 1. The molecule has 2 aromatic carbocycles. The van der Waals surface area contributed by atoms with E-state index in [4.69, 9.17) is 5.73 Å². The summed E-state index contributed by atoms with van der Waals surface area (Å²) in [6, 6.07) is 15.1. The van der Waals surface area contributed by atoms with E-state index in [1.807, 2.05) is 55.5 Å². The number of carbonyl (C=O) groups is 1. The number of hydrogen-bond acceptors (Lipinski definition) is 2. The Morgan fingerprint density at radius 2 is 1.95 bits per heavy atom. The molecule has 0 saturated heterocycles. The number of nitrogens with two attached hydrogens (primary N) is 1. The molecule has 0 aromatic heterocycles. The van der Waals surface area contributed by atoms with Gasteiger partial charge in [0.05, 0.1) is 0 Å². The van der Waals surface area contributed by atoms with Crippen molar-refractivity contribution in [3.63, 3.8) is 0 Å². The summed E-state index contributed by atoms with van der Waals surface area (Å²) >= 11 is 3.40. The highest BCUT2D eigenvalue weighted by Gasteiger charge is 2.12. The SMILES string of the molecule is Cc1ccc(Br)cc1NC(=O)CC(N)c1ccccc1. The number of halogens is 1. The van der Waals surface area contributed by atoms with Gasteiger partial charge < -0.3 is 11.1 Å². The summed E-state index contributed by atoms with van der Waals surface area (Å²) in [5, 5.41) is 2.90. The van der Waals surface area contributed by atoms with Crippen LogP contribution in [0.1, 0.15) is 23.6 Å². The summed E-state index contributed by atoms with van der Waals surface area (Å²) in [5.74, 6) is -0.0810. The number of hydrogen-bond donors (Lipinski definition) is 2. The number of benzene rings is 2. The Labute approximate surface area is 127 Å². The maximum absolute atomic E-state index is 12.1. The molecule has 0 aliphatic carbocycles.